The fraction of sp³-hybridized carbons (Fsp3) is 0.333. The van der Waals surface area contributed by atoms with Gasteiger partial charge in [-0.2, -0.15) is 0 Å². The first kappa shape index (κ1) is 29.8. The molecule has 1 atom stereocenters. The maximum Gasteiger partial charge on any atom is 0.264 e. The summed E-state index contributed by atoms with van der Waals surface area (Å²) in [7, 11) is -4.32. The van der Waals surface area contributed by atoms with Crippen molar-refractivity contribution in [2.45, 2.75) is 51.6 Å². The van der Waals surface area contributed by atoms with Gasteiger partial charge in [0.2, 0.25) is 11.8 Å². The van der Waals surface area contributed by atoms with Gasteiger partial charge in [-0.05, 0) is 49.1 Å². The van der Waals surface area contributed by atoms with Crippen LogP contribution >= 0.6 is 0 Å². The van der Waals surface area contributed by atoms with E-state index in [2.05, 4.69) is 5.32 Å². The van der Waals surface area contributed by atoms with E-state index in [0.29, 0.717) is 13.0 Å². The number of benzene rings is 3. The standard InChI is InChI=1S/C30H36FN3O4S/c1-5-27(30(36)32-19-22(2)3)33(20-24-11-7-6-8-12-24)29(35)21-34(28-14-10-9-13-26(28)31)39(37,38)25-17-15-23(4)16-18-25/h6-18,22,27H,5,19-21H2,1-4H3,(H,32,36)/t27-/m0/s1. The van der Waals surface area contributed by atoms with Crippen LogP contribution in [0.15, 0.2) is 83.8 Å². The quantitative estimate of drug-likeness (QED) is 0.345. The van der Waals surface area contributed by atoms with E-state index in [0.717, 1.165) is 21.5 Å². The number of carbonyl (C=O) groups excluding carboxylic acids is 2. The van der Waals surface area contributed by atoms with Crippen molar-refractivity contribution in [1.82, 2.24) is 10.2 Å². The summed E-state index contributed by atoms with van der Waals surface area (Å²) in [6.45, 7) is 7.40. The van der Waals surface area contributed by atoms with E-state index in [9.17, 15) is 22.4 Å². The second-order valence-electron chi connectivity index (χ2n) is 9.85. The number of para-hydroxylation sites is 1. The summed E-state index contributed by atoms with van der Waals surface area (Å²) in [5.74, 6) is -1.52. The van der Waals surface area contributed by atoms with Crippen LogP contribution in [0, 0.1) is 18.7 Å². The van der Waals surface area contributed by atoms with E-state index in [4.69, 9.17) is 0 Å². The molecule has 0 spiro atoms. The number of hydrogen-bond donors (Lipinski definition) is 1. The maximum absolute atomic E-state index is 15.0. The molecule has 2 amide bonds. The predicted molar refractivity (Wildman–Crippen MR) is 151 cm³/mol. The Hall–Kier alpha value is -3.72. The molecule has 0 saturated heterocycles. The Morgan fingerprint density at radius 1 is 0.923 bits per heavy atom. The Morgan fingerprint density at radius 3 is 2.13 bits per heavy atom. The Kier molecular flexibility index (Phi) is 10.2. The third-order valence-corrected chi connectivity index (χ3v) is 8.05. The molecule has 0 aliphatic rings. The van der Waals surface area contributed by atoms with Gasteiger partial charge in [0.05, 0.1) is 10.6 Å². The Bertz CT molecular complexity index is 1360. The number of carbonyl (C=O) groups is 2. The average Bonchev–Trinajstić information content (AvgIpc) is 2.91. The van der Waals surface area contributed by atoms with Crippen LogP contribution in [0.1, 0.15) is 38.3 Å². The summed E-state index contributed by atoms with van der Waals surface area (Å²) in [6, 6.07) is 19.9. The summed E-state index contributed by atoms with van der Waals surface area (Å²) < 4.78 is 43.3. The van der Waals surface area contributed by atoms with Gasteiger partial charge in [-0.1, -0.05) is 80.9 Å². The minimum absolute atomic E-state index is 0.0690. The van der Waals surface area contributed by atoms with E-state index in [1.165, 1.54) is 35.2 Å². The largest absolute Gasteiger partial charge is 0.354 e. The molecule has 0 aliphatic heterocycles. The van der Waals surface area contributed by atoms with Gasteiger partial charge in [-0.25, -0.2) is 12.8 Å². The highest BCUT2D eigenvalue weighted by Crippen LogP contribution is 2.27. The van der Waals surface area contributed by atoms with Gasteiger partial charge in [0, 0.05) is 13.1 Å². The number of sulfonamides is 1. The molecule has 3 rings (SSSR count). The highest BCUT2D eigenvalue weighted by Gasteiger charge is 2.34. The van der Waals surface area contributed by atoms with Crippen LogP contribution in [0.3, 0.4) is 0 Å². The number of aryl methyl sites for hydroxylation is 1. The topological polar surface area (TPSA) is 86.8 Å². The van der Waals surface area contributed by atoms with Crippen LogP contribution in [0.5, 0.6) is 0 Å². The van der Waals surface area contributed by atoms with Crippen LogP contribution in [0.25, 0.3) is 0 Å². The van der Waals surface area contributed by atoms with Gasteiger partial charge in [-0.15, -0.1) is 0 Å². The molecule has 0 radical (unpaired) electrons. The van der Waals surface area contributed by atoms with Gasteiger partial charge >= 0.3 is 0 Å². The molecule has 3 aromatic carbocycles. The third kappa shape index (κ3) is 7.66. The van der Waals surface area contributed by atoms with Crippen molar-refractivity contribution in [1.29, 1.82) is 0 Å². The summed E-state index contributed by atoms with van der Waals surface area (Å²) >= 11 is 0. The van der Waals surface area contributed by atoms with E-state index in [-0.39, 0.29) is 29.0 Å². The number of nitrogens with zero attached hydrogens (tertiary/aromatic N) is 2. The molecule has 208 valence electrons. The van der Waals surface area contributed by atoms with Crippen molar-refractivity contribution in [3.05, 3.63) is 95.8 Å². The minimum atomic E-state index is -4.32. The number of nitrogens with one attached hydrogen (secondary N) is 1. The zero-order valence-corrected chi connectivity index (χ0v) is 23.6. The van der Waals surface area contributed by atoms with Gasteiger partial charge in [-0.3, -0.25) is 13.9 Å². The number of halogens is 1. The van der Waals surface area contributed by atoms with Crippen molar-refractivity contribution in [3.63, 3.8) is 0 Å². The molecule has 0 heterocycles. The van der Waals surface area contributed by atoms with Crippen LogP contribution < -0.4 is 9.62 Å². The summed E-state index contributed by atoms with van der Waals surface area (Å²) in [4.78, 5) is 28.4. The first-order chi connectivity index (χ1) is 18.5. The molecule has 0 aliphatic carbocycles. The van der Waals surface area contributed by atoms with Crippen molar-refractivity contribution in [2.24, 2.45) is 5.92 Å². The molecule has 9 heteroatoms. The van der Waals surface area contributed by atoms with Crippen LogP contribution in [-0.2, 0) is 26.2 Å². The highest BCUT2D eigenvalue weighted by atomic mass is 32.2. The van der Waals surface area contributed by atoms with Crippen molar-refractivity contribution in [3.8, 4) is 0 Å². The summed E-state index contributed by atoms with van der Waals surface area (Å²) in [6.07, 6.45) is 0.312. The normalized spacial score (nSPS) is 12.2. The SMILES string of the molecule is CC[C@@H](C(=O)NCC(C)C)N(Cc1ccccc1)C(=O)CN(c1ccccc1F)S(=O)(=O)c1ccc(C)cc1. The minimum Gasteiger partial charge on any atom is -0.354 e. The zero-order chi connectivity index (χ0) is 28.6. The van der Waals surface area contributed by atoms with Crippen molar-refractivity contribution < 1.29 is 22.4 Å². The number of rotatable bonds is 12. The van der Waals surface area contributed by atoms with E-state index < -0.39 is 34.3 Å². The lowest BCUT2D eigenvalue weighted by molar-refractivity contribution is -0.140. The highest BCUT2D eigenvalue weighted by molar-refractivity contribution is 7.92. The second kappa shape index (κ2) is 13.4. The first-order valence-corrected chi connectivity index (χ1v) is 14.4. The molecule has 0 unspecified atom stereocenters. The number of amides is 2. The molecule has 0 fully saturated rings. The molecular weight excluding hydrogens is 517 g/mol. The molecule has 39 heavy (non-hydrogen) atoms. The van der Waals surface area contributed by atoms with E-state index in [1.807, 2.05) is 51.1 Å². The lowest BCUT2D eigenvalue weighted by atomic mass is 10.1. The number of anilines is 1. The maximum atomic E-state index is 15.0. The smallest absolute Gasteiger partial charge is 0.264 e. The molecule has 0 bridgehead atoms. The van der Waals surface area contributed by atoms with Gasteiger partial charge in [0.25, 0.3) is 10.0 Å². The van der Waals surface area contributed by atoms with Crippen LogP contribution in [-0.4, -0.2) is 44.3 Å². The van der Waals surface area contributed by atoms with Gasteiger partial charge in [0.15, 0.2) is 0 Å². The second-order valence-corrected chi connectivity index (χ2v) is 11.7. The fourth-order valence-corrected chi connectivity index (χ4v) is 5.55. The van der Waals surface area contributed by atoms with Gasteiger partial charge in [0.1, 0.15) is 18.4 Å². The predicted octanol–water partition coefficient (Wildman–Crippen LogP) is 4.91. The molecule has 7 nitrogen and oxygen atoms in total. The van der Waals surface area contributed by atoms with Crippen LogP contribution in [0.2, 0.25) is 0 Å². The summed E-state index contributed by atoms with van der Waals surface area (Å²) in [5.41, 5.74) is 1.39. The fourth-order valence-electron chi connectivity index (χ4n) is 4.13. The molecule has 0 aromatic heterocycles. The van der Waals surface area contributed by atoms with Gasteiger partial charge < -0.3 is 10.2 Å². The first-order valence-electron chi connectivity index (χ1n) is 13.0. The summed E-state index contributed by atoms with van der Waals surface area (Å²) in [5, 5.41) is 2.89. The molecule has 3 aromatic rings. The number of hydrogen-bond acceptors (Lipinski definition) is 4. The Balaban J connectivity index is 2.04. The third-order valence-electron chi connectivity index (χ3n) is 6.28. The molecular formula is C30H36FN3O4S. The Labute approximate surface area is 230 Å². The Morgan fingerprint density at radius 2 is 1.54 bits per heavy atom. The molecule has 1 N–H and O–H groups in total. The van der Waals surface area contributed by atoms with Crippen molar-refractivity contribution >= 4 is 27.5 Å². The van der Waals surface area contributed by atoms with Crippen LogP contribution in [0.4, 0.5) is 10.1 Å². The lowest BCUT2D eigenvalue weighted by Crippen LogP contribution is -2.52. The van der Waals surface area contributed by atoms with Crippen molar-refractivity contribution in [2.75, 3.05) is 17.4 Å². The van der Waals surface area contributed by atoms with E-state index in [1.54, 1.807) is 19.1 Å². The lowest BCUT2D eigenvalue weighted by Gasteiger charge is -2.33. The zero-order valence-electron chi connectivity index (χ0n) is 22.8. The van der Waals surface area contributed by atoms with E-state index >= 15 is 0 Å². The molecule has 0 saturated carbocycles. The average molecular weight is 554 g/mol. The monoisotopic (exact) mass is 553 g/mol.